The van der Waals surface area contributed by atoms with Gasteiger partial charge in [-0.1, -0.05) is 37.3 Å². The van der Waals surface area contributed by atoms with Crippen molar-refractivity contribution in [3.63, 3.8) is 0 Å². The number of urea groups is 1. The Kier molecular flexibility index (Phi) is 5.69. The standard InChI is InChI=1S/C21H22FN3O/c1-2-17-8-3-4-11-20(17)24-21(26)23-14-19-10-6-12-25(19)15-16-7-5-9-18(22)13-16/h3-13H,2,14-15H2,1H3,(H2,23,24,26). The lowest BCUT2D eigenvalue weighted by Crippen LogP contribution is -2.29. The summed E-state index contributed by atoms with van der Waals surface area (Å²) in [4.78, 5) is 12.2. The zero-order valence-electron chi connectivity index (χ0n) is 14.7. The second-order valence-electron chi connectivity index (χ2n) is 6.08. The number of hydrogen-bond acceptors (Lipinski definition) is 1. The number of carbonyl (C=O) groups excluding carboxylic acids is 1. The molecule has 2 aromatic carbocycles. The van der Waals surface area contributed by atoms with Gasteiger partial charge in [-0.25, -0.2) is 9.18 Å². The normalized spacial score (nSPS) is 10.5. The fourth-order valence-electron chi connectivity index (χ4n) is 2.88. The lowest BCUT2D eigenvalue weighted by atomic mass is 10.1. The summed E-state index contributed by atoms with van der Waals surface area (Å²) in [5, 5.41) is 5.77. The summed E-state index contributed by atoms with van der Waals surface area (Å²) in [6, 6.07) is 17.9. The van der Waals surface area contributed by atoms with E-state index in [1.165, 1.54) is 12.1 Å². The van der Waals surface area contributed by atoms with Crippen molar-refractivity contribution in [2.75, 3.05) is 5.32 Å². The zero-order chi connectivity index (χ0) is 18.4. The molecule has 134 valence electrons. The average Bonchev–Trinajstić information content (AvgIpc) is 3.07. The number of amides is 2. The van der Waals surface area contributed by atoms with E-state index in [9.17, 15) is 9.18 Å². The Morgan fingerprint density at radius 3 is 2.73 bits per heavy atom. The third kappa shape index (κ3) is 4.51. The number of aromatic nitrogens is 1. The van der Waals surface area contributed by atoms with Crippen molar-refractivity contribution in [1.82, 2.24) is 9.88 Å². The van der Waals surface area contributed by atoms with Crippen LogP contribution in [0.4, 0.5) is 14.9 Å². The van der Waals surface area contributed by atoms with Gasteiger partial charge < -0.3 is 15.2 Å². The van der Waals surface area contributed by atoms with Crippen LogP contribution >= 0.6 is 0 Å². The summed E-state index contributed by atoms with van der Waals surface area (Å²) in [6.07, 6.45) is 2.78. The first-order valence-electron chi connectivity index (χ1n) is 8.67. The highest BCUT2D eigenvalue weighted by atomic mass is 19.1. The van der Waals surface area contributed by atoms with Gasteiger partial charge in [-0.2, -0.15) is 0 Å². The average molecular weight is 351 g/mol. The van der Waals surface area contributed by atoms with E-state index < -0.39 is 0 Å². The number of para-hydroxylation sites is 1. The predicted molar refractivity (Wildman–Crippen MR) is 102 cm³/mol. The molecule has 1 heterocycles. The summed E-state index contributed by atoms with van der Waals surface area (Å²) in [7, 11) is 0. The fourth-order valence-corrected chi connectivity index (χ4v) is 2.88. The minimum Gasteiger partial charge on any atom is -0.345 e. The van der Waals surface area contributed by atoms with Crippen LogP contribution in [0, 0.1) is 5.82 Å². The maximum atomic E-state index is 13.3. The molecule has 3 rings (SSSR count). The third-order valence-corrected chi connectivity index (χ3v) is 4.24. The smallest absolute Gasteiger partial charge is 0.319 e. The lowest BCUT2D eigenvalue weighted by molar-refractivity contribution is 0.251. The highest BCUT2D eigenvalue weighted by Gasteiger charge is 2.07. The number of nitrogens with one attached hydrogen (secondary N) is 2. The van der Waals surface area contributed by atoms with Crippen LogP contribution in [0.25, 0.3) is 0 Å². The van der Waals surface area contributed by atoms with Crippen LogP contribution in [-0.4, -0.2) is 10.6 Å². The molecule has 26 heavy (non-hydrogen) atoms. The monoisotopic (exact) mass is 351 g/mol. The summed E-state index contributed by atoms with van der Waals surface area (Å²) >= 11 is 0. The molecule has 3 aromatic rings. The van der Waals surface area contributed by atoms with Gasteiger partial charge >= 0.3 is 6.03 Å². The fraction of sp³-hybridized carbons (Fsp3) is 0.190. The Balaban J connectivity index is 1.60. The summed E-state index contributed by atoms with van der Waals surface area (Å²) in [5.74, 6) is -0.247. The van der Waals surface area contributed by atoms with Crippen molar-refractivity contribution in [3.05, 3.63) is 89.5 Å². The minimum atomic E-state index is -0.247. The van der Waals surface area contributed by atoms with Crippen LogP contribution in [0.1, 0.15) is 23.7 Å². The number of nitrogens with zero attached hydrogens (tertiary/aromatic N) is 1. The maximum absolute atomic E-state index is 13.3. The van der Waals surface area contributed by atoms with Crippen LogP contribution in [0.15, 0.2) is 66.9 Å². The van der Waals surface area contributed by atoms with Crippen molar-refractivity contribution in [3.8, 4) is 0 Å². The first kappa shape index (κ1) is 17.7. The van der Waals surface area contributed by atoms with Gasteiger partial charge in [-0.3, -0.25) is 0 Å². The van der Waals surface area contributed by atoms with Crippen LogP contribution in [0.5, 0.6) is 0 Å². The highest BCUT2D eigenvalue weighted by Crippen LogP contribution is 2.15. The summed E-state index contributed by atoms with van der Waals surface area (Å²) < 4.78 is 15.3. The molecule has 4 nitrogen and oxygen atoms in total. The van der Waals surface area contributed by atoms with Crippen molar-refractivity contribution >= 4 is 11.7 Å². The molecule has 0 aliphatic carbocycles. The topological polar surface area (TPSA) is 46.1 Å². The van der Waals surface area contributed by atoms with E-state index in [1.54, 1.807) is 6.07 Å². The molecule has 0 aliphatic heterocycles. The van der Waals surface area contributed by atoms with Crippen LogP contribution in [0.2, 0.25) is 0 Å². The van der Waals surface area contributed by atoms with E-state index in [0.717, 1.165) is 28.9 Å². The molecule has 0 saturated heterocycles. The molecule has 0 unspecified atom stereocenters. The third-order valence-electron chi connectivity index (χ3n) is 4.24. The number of halogens is 1. The largest absolute Gasteiger partial charge is 0.345 e. The van der Waals surface area contributed by atoms with E-state index in [0.29, 0.717) is 13.1 Å². The van der Waals surface area contributed by atoms with Gasteiger partial charge in [0.05, 0.1) is 6.54 Å². The molecule has 2 N–H and O–H groups in total. The summed E-state index contributed by atoms with van der Waals surface area (Å²) in [5.41, 5.74) is 3.75. The quantitative estimate of drug-likeness (QED) is 0.672. The van der Waals surface area contributed by atoms with Gasteiger partial charge in [0.1, 0.15) is 5.82 Å². The highest BCUT2D eigenvalue weighted by molar-refractivity contribution is 5.90. The Labute approximate surface area is 152 Å². The predicted octanol–water partition coefficient (Wildman–Crippen LogP) is 4.56. The van der Waals surface area contributed by atoms with Crippen LogP contribution in [0.3, 0.4) is 0 Å². The molecule has 2 amide bonds. The Morgan fingerprint density at radius 1 is 1.08 bits per heavy atom. The maximum Gasteiger partial charge on any atom is 0.319 e. The van der Waals surface area contributed by atoms with E-state index in [-0.39, 0.29) is 11.8 Å². The lowest BCUT2D eigenvalue weighted by Gasteiger charge is -2.13. The molecule has 0 saturated carbocycles. The molecule has 5 heteroatoms. The van der Waals surface area contributed by atoms with Gasteiger partial charge in [0.25, 0.3) is 0 Å². The molecule has 0 radical (unpaired) electrons. The van der Waals surface area contributed by atoms with E-state index in [2.05, 4.69) is 17.6 Å². The number of hydrogen-bond donors (Lipinski definition) is 2. The van der Waals surface area contributed by atoms with Gasteiger partial charge in [-0.15, -0.1) is 0 Å². The van der Waals surface area contributed by atoms with Crippen LogP contribution < -0.4 is 10.6 Å². The zero-order valence-corrected chi connectivity index (χ0v) is 14.7. The SMILES string of the molecule is CCc1ccccc1NC(=O)NCc1cccn1Cc1cccc(F)c1. The second-order valence-corrected chi connectivity index (χ2v) is 6.08. The number of benzene rings is 2. The Hall–Kier alpha value is -3.08. The molecule has 0 spiro atoms. The second kappa shape index (κ2) is 8.34. The number of carbonyl (C=O) groups is 1. The van der Waals surface area contributed by atoms with E-state index in [1.807, 2.05) is 53.2 Å². The molecule has 1 aromatic heterocycles. The molecule has 0 fully saturated rings. The molecule has 0 bridgehead atoms. The molecule has 0 atom stereocenters. The van der Waals surface area contributed by atoms with Gasteiger partial charge in [0.2, 0.25) is 0 Å². The van der Waals surface area contributed by atoms with E-state index in [4.69, 9.17) is 0 Å². The first-order valence-corrected chi connectivity index (χ1v) is 8.67. The van der Waals surface area contributed by atoms with Crippen molar-refractivity contribution in [1.29, 1.82) is 0 Å². The van der Waals surface area contributed by atoms with Gasteiger partial charge in [-0.05, 0) is 47.9 Å². The molecule has 0 aliphatic rings. The summed E-state index contributed by atoms with van der Waals surface area (Å²) in [6.45, 7) is 3.00. The number of anilines is 1. The number of aryl methyl sites for hydroxylation is 1. The van der Waals surface area contributed by atoms with Crippen molar-refractivity contribution < 1.29 is 9.18 Å². The van der Waals surface area contributed by atoms with Gasteiger partial charge in [0.15, 0.2) is 0 Å². The Bertz CT molecular complexity index is 888. The molecular weight excluding hydrogens is 329 g/mol. The van der Waals surface area contributed by atoms with Crippen LogP contribution in [-0.2, 0) is 19.5 Å². The Morgan fingerprint density at radius 2 is 1.92 bits per heavy atom. The van der Waals surface area contributed by atoms with Gasteiger partial charge in [0, 0.05) is 24.1 Å². The number of rotatable bonds is 6. The molecular formula is C21H22FN3O. The first-order chi connectivity index (χ1) is 12.7. The minimum absolute atomic E-state index is 0.246. The van der Waals surface area contributed by atoms with Crippen molar-refractivity contribution in [2.45, 2.75) is 26.4 Å². The van der Waals surface area contributed by atoms with Crippen molar-refractivity contribution in [2.24, 2.45) is 0 Å². The van der Waals surface area contributed by atoms with E-state index >= 15 is 0 Å².